The first-order valence-corrected chi connectivity index (χ1v) is 8.38. The molecule has 142 valence electrons. The summed E-state index contributed by atoms with van der Waals surface area (Å²) in [5.74, 6) is -2.86. The summed E-state index contributed by atoms with van der Waals surface area (Å²) in [4.78, 5) is 44.5. The van der Waals surface area contributed by atoms with E-state index in [1.54, 1.807) is 55.8 Å². The van der Waals surface area contributed by atoms with E-state index >= 15 is 0 Å². The fourth-order valence-corrected chi connectivity index (χ4v) is 2.70. The number of carbonyl (C=O) groups excluding carboxylic acids is 3. The molecule has 0 saturated carbocycles. The molecule has 0 fully saturated rings. The van der Waals surface area contributed by atoms with Gasteiger partial charge in [0.05, 0.1) is 17.0 Å². The van der Waals surface area contributed by atoms with Crippen LogP contribution in [0, 0.1) is 6.92 Å². The Hall–Kier alpha value is -3.88. The first kappa shape index (κ1) is 18.9. The average Bonchev–Trinajstić information content (AvgIpc) is 3.09. The fourth-order valence-electron chi connectivity index (χ4n) is 2.70. The van der Waals surface area contributed by atoms with Crippen LogP contribution >= 0.6 is 0 Å². The monoisotopic (exact) mass is 379 g/mol. The third kappa shape index (κ3) is 4.09. The topological polar surface area (TPSA) is 141 Å². The SMILES string of the molecule is Cc1noc(C(=O)NC(Cc2ccncc2)C(=O)C(N)=O)c1-c1ccccn1. The van der Waals surface area contributed by atoms with Crippen molar-refractivity contribution >= 4 is 17.6 Å². The van der Waals surface area contributed by atoms with Gasteiger partial charge in [-0.25, -0.2) is 0 Å². The first-order chi connectivity index (χ1) is 13.5. The molecule has 0 radical (unpaired) electrons. The van der Waals surface area contributed by atoms with Crippen LogP contribution in [-0.2, 0) is 16.0 Å². The third-order valence-corrected chi connectivity index (χ3v) is 4.04. The lowest BCUT2D eigenvalue weighted by Crippen LogP contribution is -2.47. The molecule has 3 aromatic rings. The summed E-state index contributed by atoms with van der Waals surface area (Å²) in [7, 11) is 0. The van der Waals surface area contributed by atoms with Crippen molar-refractivity contribution in [1.29, 1.82) is 0 Å². The number of nitrogens with one attached hydrogen (secondary N) is 1. The Morgan fingerprint density at radius 3 is 2.54 bits per heavy atom. The Kier molecular flexibility index (Phi) is 5.54. The number of hydrogen-bond acceptors (Lipinski definition) is 7. The predicted octanol–water partition coefficient (Wildman–Crippen LogP) is 0.836. The number of ketones is 1. The second-order valence-electron chi connectivity index (χ2n) is 6.00. The Balaban J connectivity index is 1.89. The molecule has 0 spiro atoms. The van der Waals surface area contributed by atoms with Crippen molar-refractivity contribution in [3.63, 3.8) is 0 Å². The molecule has 2 amide bonds. The smallest absolute Gasteiger partial charge is 0.291 e. The average molecular weight is 379 g/mol. The highest BCUT2D eigenvalue weighted by molar-refractivity contribution is 6.38. The lowest BCUT2D eigenvalue weighted by molar-refractivity contribution is -0.137. The molecule has 0 saturated heterocycles. The molecule has 3 heterocycles. The highest BCUT2D eigenvalue weighted by Gasteiger charge is 2.29. The summed E-state index contributed by atoms with van der Waals surface area (Å²) in [6, 6.07) is 7.40. The van der Waals surface area contributed by atoms with Gasteiger partial charge in [-0.15, -0.1) is 0 Å². The number of nitrogens with two attached hydrogens (primary N) is 1. The molecule has 28 heavy (non-hydrogen) atoms. The summed E-state index contributed by atoms with van der Waals surface area (Å²) in [5, 5.41) is 6.34. The minimum atomic E-state index is -1.16. The van der Waals surface area contributed by atoms with Gasteiger partial charge in [0.15, 0.2) is 0 Å². The highest BCUT2D eigenvalue weighted by Crippen LogP contribution is 2.25. The van der Waals surface area contributed by atoms with Crippen LogP contribution in [0.4, 0.5) is 0 Å². The van der Waals surface area contributed by atoms with E-state index in [-0.39, 0.29) is 12.2 Å². The van der Waals surface area contributed by atoms with E-state index in [0.717, 1.165) is 0 Å². The van der Waals surface area contributed by atoms with E-state index in [4.69, 9.17) is 10.3 Å². The summed E-state index contributed by atoms with van der Waals surface area (Å²) in [6.45, 7) is 1.67. The van der Waals surface area contributed by atoms with Crippen molar-refractivity contribution in [1.82, 2.24) is 20.4 Å². The Labute approximate surface area is 160 Å². The van der Waals surface area contributed by atoms with E-state index in [9.17, 15) is 14.4 Å². The van der Waals surface area contributed by atoms with Crippen LogP contribution in [0.15, 0.2) is 53.4 Å². The summed E-state index contributed by atoms with van der Waals surface area (Å²) >= 11 is 0. The van der Waals surface area contributed by atoms with Gasteiger partial charge in [-0.05, 0) is 36.8 Å². The van der Waals surface area contributed by atoms with Gasteiger partial charge in [-0.1, -0.05) is 11.2 Å². The molecule has 0 aliphatic rings. The van der Waals surface area contributed by atoms with Crippen molar-refractivity contribution in [3.8, 4) is 11.3 Å². The molecule has 0 bridgehead atoms. The van der Waals surface area contributed by atoms with Crippen molar-refractivity contribution in [2.45, 2.75) is 19.4 Å². The second kappa shape index (κ2) is 8.21. The molecule has 1 unspecified atom stereocenters. The van der Waals surface area contributed by atoms with Crippen molar-refractivity contribution in [3.05, 3.63) is 65.9 Å². The predicted molar refractivity (Wildman–Crippen MR) is 97.9 cm³/mol. The number of amides is 2. The van der Waals surface area contributed by atoms with Crippen molar-refractivity contribution < 1.29 is 18.9 Å². The van der Waals surface area contributed by atoms with Gasteiger partial charge < -0.3 is 15.6 Å². The van der Waals surface area contributed by atoms with E-state index in [0.29, 0.717) is 22.5 Å². The Morgan fingerprint density at radius 1 is 1.14 bits per heavy atom. The fraction of sp³-hybridized carbons (Fsp3) is 0.158. The number of Topliss-reactive ketones (excluding diaryl/α,β-unsaturated/α-hetero) is 1. The molecule has 0 aliphatic heterocycles. The summed E-state index contributed by atoms with van der Waals surface area (Å²) in [6.07, 6.45) is 4.73. The molecule has 3 N–H and O–H groups in total. The minimum Gasteiger partial charge on any atom is -0.363 e. The quantitative estimate of drug-likeness (QED) is 0.579. The standard InChI is InChI=1S/C19H17N5O4/c1-11-15(13-4-2-3-7-22-13)17(28-24-11)19(27)23-14(16(25)18(20)26)10-12-5-8-21-9-6-12/h2-9,14H,10H2,1H3,(H2,20,26)(H,23,27). The number of aryl methyl sites for hydroxylation is 1. The molecule has 3 aromatic heterocycles. The zero-order valence-corrected chi connectivity index (χ0v) is 15.0. The van der Waals surface area contributed by atoms with Gasteiger partial charge in [0.1, 0.15) is 6.04 Å². The molecule has 1 atom stereocenters. The summed E-state index contributed by atoms with van der Waals surface area (Å²) < 4.78 is 5.16. The normalized spacial score (nSPS) is 11.6. The summed E-state index contributed by atoms with van der Waals surface area (Å²) in [5.41, 5.74) is 7.21. The van der Waals surface area contributed by atoms with Crippen molar-refractivity contribution in [2.75, 3.05) is 0 Å². The maximum Gasteiger partial charge on any atom is 0.291 e. The highest BCUT2D eigenvalue weighted by atomic mass is 16.5. The number of primary amides is 1. The van der Waals surface area contributed by atoms with E-state index < -0.39 is 23.6 Å². The molecular formula is C19H17N5O4. The van der Waals surface area contributed by atoms with Crippen LogP contribution in [0.25, 0.3) is 11.3 Å². The molecule has 3 rings (SSSR count). The minimum absolute atomic E-state index is 0.0715. The number of carbonyl (C=O) groups is 3. The van der Waals surface area contributed by atoms with Crippen LogP contribution in [0.2, 0.25) is 0 Å². The second-order valence-corrected chi connectivity index (χ2v) is 6.00. The van der Waals surface area contributed by atoms with Gasteiger partial charge in [-0.2, -0.15) is 0 Å². The molecule has 0 aliphatic carbocycles. The van der Waals surface area contributed by atoms with E-state index in [1.807, 2.05) is 0 Å². The molecule has 0 aromatic carbocycles. The number of pyridine rings is 2. The zero-order chi connectivity index (χ0) is 20.1. The van der Waals surface area contributed by atoms with Crippen LogP contribution < -0.4 is 11.1 Å². The molecular weight excluding hydrogens is 362 g/mol. The van der Waals surface area contributed by atoms with Gasteiger partial charge >= 0.3 is 0 Å². The first-order valence-electron chi connectivity index (χ1n) is 8.38. The van der Waals surface area contributed by atoms with Crippen LogP contribution in [0.5, 0.6) is 0 Å². The van der Waals surface area contributed by atoms with Gasteiger partial charge in [0.25, 0.3) is 11.8 Å². The number of nitrogens with zero attached hydrogens (tertiary/aromatic N) is 3. The molecule has 9 nitrogen and oxygen atoms in total. The van der Waals surface area contributed by atoms with Crippen LogP contribution in [0.3, 0.4) is 0 Å². The third-order valence-electron chi connectivity index (χ3n) is 4.04. The Bertz CT molecular complexity index is 1000. The maximum atomic E-state index is 12.8. The van der Waals surface area contributed by atoms with Crippen LogP contribution in [-0.4, -0.2) is 38.8 Å². The maximum absolute atomic E-state index is 12.8. The number of rotatable bonds is 7. The van der Waals surface area contributed by atoms with Gasteiger partial charge in [0, 0.05) is 25.0 Å². The zero-order valence-electron chi connectivity index (χ0n) is 15.0. The van der Waals surface area contributed by atoms with Crippen molar-refractivity contribution in [2.24, 2.45) is 5.73 Å². The Morgan fingerprint density at radius 2 is 1.89 bits per heavy atom. The van der Waals surface area contributed by atoms with Gasteiger partial charge in [0.2, 0.25) is 11.5 Å². The molecule has 9 heteroatoms. The van der Waals surface area contributed by atoms with Crippen LogP contribution in [0.1, 0.15) is 21.8 Å². The van der Waals surface area contributed by atoms with E-state index in [2.05, 4.69) is 20.4 Å². The lowest BCUT2D eigenvalue weighted by Gasteiger charge is -2.15. The number of hydrogen-bond donors (Lipinski definition) is 2. The van der Waals surface area contributed by atoms with Gasteiger partial charge in [-0.3, -0.25) is 24.4 Å². The van der Waals surface area contributed by atoms with E-state index in [1.165, 1.54) is 0 Å². The number of aromatic nitrogens is 3. The lowest BCUT2D eigenvalue weighted by atomic mass is 10.0. The largest absolute Gasteiger partial charge is 0.363 e.